The van der Waals surface area contributed by atoms with Crippen molar-refractivity contribution < 1.29 is 18.0 Å². The van der Waals surface area contributed by atoms with E-state index in [0.29, 0.717) is 23.5 Å². The minimum Gasteiger partial charge on any atom is -0.352 e. The van der Waals surface area contributed by atoms with Crippen LogP contribution in [0.5, 0.6) is 0 Å². The zero-order valence-electron chi connectivity index (χ0n) is 18.0. The number of hydrogen-bond acceptors (Lipinski definition) is 4. The van der Waals surface area contributed by atoms with Crippen molar-refractivity contribution in [2.45, 2.75) is 40.2 Å². The summed E-state index contributed by atoms with van der Waals surface area (Å²) in [7, 11) is -3.74. The molecule has 2 amide bonds. The van der Waals surface area contributed by atoms with E-state index in [1.807, 2.05) is 26.0 Å². The summed E-state index contributed by atoms with van der Waals surface area (Å²) in [6.07, 6.45) is 1.86. The van der Waals surface area contributed by atoms with Crippen molar-refractivity contribution in [3.05, 3.63) is 59.2 Å². The third-order valence-electron chi connectivity index (χ3n) is 4.66. The fourth-order valence-electron chi connectivity index (χ4n) is 3.10. The molecule has 0 spiro atoms. The lowest BCUT2D eigenvalue weighted by Gasteiger charge is -2.30. The molecule has 7 nitrogen and oxygen atoms in total. The van der Waals surface area contributed by atoms with Crippen LogP contribution in [0.15, 0.2) is 42.5 Å². The third kappa shape index (κ3) is 5.60. The Morgan fingerprint density at radius 1 is 1.10 bits per heavy atom. The molecule has 0 aliphatic heterocycles. The van der Waals surface area contributed by atoms with Crippen molar-refractivity contribution in [2.75, 3.05) is 22.4 Å². The lowest BCUT2D eigenvalue weighted by atomic mass is 10.1. The zero-order chi connectivity index (χ0) is 22.5. The number of carbonyl (C=O) groups is 2. The summed E-state index contributed by atoms with van der Waals surface area (Å²) in [6.45, 7) is 7.65. The van der Waals surface area contributed by atoms with Crippen LogP contribution in [-0.2, 0) is 14.8 Å². The normalized spacial score (nSPS) is 12.2. The molecule has 162 valence electrons. The molecule has 0 unspecified atom stereocenters. The Morgan fingerprint density at radius 3 is 2.40 bits per heavy atom. The Balaban J connectivity index is 2.36. The number of para-hydroxylation sites is 1. The van der Waals surface area contributed by atoms with E-state index in [1.165, 1.54) is 6.92 Å². The van der Waals surface area contributed by atoms with E-state index in [-0.39, 0.29) is 5.91 Å². The van der Waals surface area contributed by atoms with Gasteiger partial charge in [-0.05, 0) is 56.5 Å². The summed E-state index contributed by atoms with van der Waals surface area (Å²) >= 11 is 0. The van der Waals surface area contributed by atoms with Gasteiger partial charge in [-0.1, -0.05) is 31.2 Å². The molecule has 0 radical (unpaired) electrons. The number of rotatable bonds is 8. The first kappa shape index (κ1) is 23.4. The molecule has 8 heteroatoms. The molecule has 0 aliphatic carbocycles. The predicted molar refractivity (Wildman–Crippen MR) is 120 cm³/mol. The number of anilines is 2. The highest BCUT2D eigenvalue weighted by Gasteiger charge is 2.30. The van der Waals surface area contributed by atoms with Crippen LogP contribution in [0.25, 0.3) is 0 Å². The van der Waals surface area contributed by atoms with Gasteiger partial charge in [0.15, 0.2) is 0 Å². The summed E-state index contributed by atoms with van der Waals surface area (Å²) in [5.41, 5.74) is 2.73. The molecule has 1 atom stereocenters. The van der Waals surface area contributed by atoms with E-state index < -0.39 is 22.0 Å². The first-order valence-corrected chi connectivity index (χ1v) is 11.7. The monoisotopic (exact) mass is 431 g/mol. The van der Waals surface area contributed by atoms with Gasteiger partial charge < -0.3 is 10.6 Å². The lowest BCUT2D eigenvalue weighted by molar-refractivity contribution is -0.116. The van der Waals surface area contributed by atoms with Gasteiger partial charge in [-0.2, -0.15) is 0 Å². The maximum absolute atomic E-state index is 13.0. The van der Waals surface area contributed by atoms with Crippen LogP contribution in [0.4, 0.5) is 11.4 Å². The van der Waals surface area contributed by atoms with Crippen LogP contribution < -0.4 is 14.9 Å². The van der Waals surface area contributed by atoms with Crippen molar-refractivity contribution in [2.24, 2.45) is 0 Å². The van der Waals surface area contributed by atoms with Gasteiger partial charge >= 0.3 is 0 Å². The van der Waals surface area contributed by atoms with E-state index >= 15 is 0 Å². The van der Waals surface area contributed by atoms with E-state index in [2.05, 4.69) is 10.6 Å². The van der Waals surface area contributed by atoms with Crippen molar-refractivity contribution in [1.82, 2.24) is 5.32 Å². The minimum absolute atomic E-state index is 0.296. The predicted octanol–water partition coefficient (Wildman–Crippen LogP) is 3.24. The molecular formula is C22H29N3O4S. The van der Waals surface area contributed by atoms with E-state index in [9.17, 15) is 18.0 Å². The standard InChI is InChI=1S/C22H29N3O4S/c1-6-13-23-22(27)18-9-7-8-10-19(18)24-21(26)17(4)25(30(5,28)29)20-14-15(2)11-12-16(20)3/h7-12,14,17H,6,13H2,1-5H3,(H,23,27)(H,24,26)/t17-/m0/s1. The second kappa shape index (κ2) is 9.75. The van der Waals surface area contributed by atoms with Crippen molar-refractivity contribution >= 4 is 33.2 Å². The van der Waals surface area contributed by atoms with Crippen LogP contribution in [0.2, 0.25) is 0 Å². The molecule has 2 aromatic carbocycles. The first-order valence-electron chi connectivity index (χ1n) is 9.81. The number of aryl methyl sites for hydroxylation is 2. The van der Waals surface area contributed by atoms with E-state index in [1.54, 1.807) is 37.3 Å². The Kier molecular flexibility index (Phi) is 7.61. The lowest BCUT2D eigenvalue weighted by Crippen LogP contribution is -2.46. The molecule has 0 saturated carbocycles. The molecule has 0 aliphatic rings. The maximum Gasteiger partial charge on any atom is 0.253 e. The number of amides is 2. The van der Waals surface area contributed by atoms with Gasteiger partial charge in [0.1, 0.15) is 6.04 Å². The molecule has 0 bridgehead atoms. The smallest absolute Gasteiger partial charge is 0.253 e. The summed E-state index contributed by atoms with van der Waals surface area (Å²) in [4.78, 5) is 25.4. The topological polar surface area (TPSA) is 95.6 Å². The molecule has 30 heavy (non-hydrogen) atoms. The van der Waals surface area contributed by atoms with Gasteiger partial charge in [0.05, 0.1) is 23.2 Å². The molecule has 2 N–H and O–H groups in total. The highest BCUT2D eigenvalue weighted by atomic mass is 32.2. The largest absolute Gasteiger partial charge is 0.352 e. The van der Waals surface area contributed by atoms with E-state index in [4.69, 9.17) is 0 Å². The van der Waals surface area contributed by atoms with Gasteiger partial charge in [-0.25, -0.2) is 8.42 Å². The van der Waals surface area contributed by atoms with Gasteiger partial charge in [0.25, 0.3) is 5.91 Å². The van der Waals surface area contributed by atoms with Gasteiger partial charge in [0.2, 0.25) is 15.9 Å². The molecule has 2 rings (SSSR count). The second-order valence-corrected chi connectivity index (χ2v) is 9.17. The SMILES string of the molecule is CCCNC(=O)c1ccccc1NC(=O)[C@H](C)N(c1cc(C)ccc1C)S(C)(=O)=O. The number of nitrogens with zero attached hydrogens (tertiary/aromatic N) is 1. The Bertz CT molecular complexity index is 1030. The van der Waals surface area contributed by atoms with Crippen LogP contribution in [0.3, 0.4) is 0 Å². The summed E-state index contributed by atoms with van der Waals surface area (Å²) in [5.74, 6) is -0.827. The van der Waals surface area contributed by atoms with Gasteiger partial charge in [-0.15, -0.1) is 0 Å². The van der Waals surface area contributed by atoms with Crippen molar-refractivity contribution in [1.29, 1.82) is 0 Å². The van der Waals surface area contributed by atoms with E-state index in [0.717, 1.165) is 28.1 Å². The maximum atomic E-state index is 13.0. The number of nitrogens with one attached hydrogen (secondary N) is 2. The third-order valence-corrected chi connectivity index (χ3v) is 5.88. The minimum atomic E-state index is -3.74. The Hall–Kier alpha value is -2.87. The zero-order valence-corrected chi connectivity index (χ0v) is 18.8. The van der Waals surface area contributed by atoms with Crippen molar-refractivity contribution in [3.63, 3.8) is 0 Å². The Morgan fingerprint density at radius 2 is 1.77 bits per heavy atom. The second-order valence-electron chi connectivity index (χ2n) is 7.32. The molecule has 0 aromatic heterocycles. The Labute approximate surface area is 178 Å². The molecule has 0 saturated heterocycles. The van der Waals surface area contributed by atoms with Gasteiger partial charge in [0, 0.05) is 6.54 Å². The molecule has 2 aromatic rings. The highest BCUT2D eigenvalue weighted by molar-refractivity contribution is 7.92. The molecule has 0 fully saturated rings. The number of sulfonamides is 1. The average Bonchev–Trinajstić information content (AvgIpc) is 2.68. The van der Waals surface area contributed by atoms with Crippen LogP contribution in [-0.4, -0.2) is 39.1 Å². The summed E-state index contributed by atoms with van der Waals surface area (Å²) in [6, 6.07) is 11.1. The van der Waals surface area contributed by atoms with Crippen LogP contribution >= 0.6 is 0 Å². The fraction of sp³-hybridized carbons (Fsp3) is 0.364. The first-order chi connectivity index (χ1) is 14.1. The number of carbonyl (C=O) groups excluding carboxylic acids is 2. The average molecular weight is 432 g/mol. The van der Waals surface area contributed by atoms with Crippen molar-refractivity contribution in [3.8, 4) is 0 Å². The van der Waals surface area contributed by atoms with Crippen LogP contribution in [0, 0.1) is 13.8 Å². The number of hydrogen-bond donors (Lipinski definition) is 2. The molecule has 0 heterocycles. The van der Waals surface area contributed by atoms with Crippen LogP contribution in [0.1, 0.15) is 41.8 Å². The van der Waals surface area contributed by atoms with Gasteiger partial charge in [-0.3, -0.25) is 13.9 Å². The number of benzene rings is 2. The fourth-order valence-corrected chi connectivity index (χ4v) is 4.32. The summed E-state index contributed by atoms with van der Waals surface area (Å²) < 4.78 is 26.3. The highest BCUT2D eigenvalue weighted by Crippen LogP contribution is 2.27. The molecular weight excluding hydrogens is 402 g/mol. The summed E-state index contributed by atoms with van der Waals surface area (Å²) in [5, 5.41) is 5.50. The quantitative estimate of drug-likeness (QED) is 0.671.